The zero-order valence-corrected chi connectivity index (χ0v) is 14.2. The molecule has 2 aliphatic heterocycles. The number of esters is 1. The van der Waals surface area contributed by atoms with Gasteiger partial charge in [-0.1, -0.05) is 12.1 Å². The lowest BCUT2D eigenvalue weighted by Gasteiger charge is -2.37. The summed E-state index contributed by atoms with van der Waals surface area (Å²) in [7, 11) is 1.40. The maximum atomic E-state index is 11.7. The highest BCUT2D eigenvalue weighted by atomic mass is 16.5. The number of nitrogens with zero attached hydrogens (tertiary/aromatic N) is 2. The molecule has 0 radical (unpaired) electrons. The number of ether oxygens (including phenoxy) is 2. The highest BCUT2D eigenvalue weighted by Gasteiger charge is 2.30. The van der Waals surface area contributed by atoms with Crippen LogP contribution < -0.4 is 4.90 Å². The van der Waals surface area contributed by atoms with Gasteiger partial charge in [-0.3, -0.25) is 4.90 Å². The van der Waals surface area contributed by atoms with Crippen LogP contribution in [-0.2, 0) is 14.3 Å². The molecule has 0 unspecified atom stereocenters. The van der Waals surface area contributed by atoms with Crippen molar-refractivity contribution in [2.45, 2.75) is 19.4 Å². The molecule has 1 aromatic rings. The van der Waals surface area contributed by atoms with Gasteiger partial charge in [0.05, 0.1) is 18.4 Å². The summed E-state index contributed by atoms with van der Waals surface area (Å²) in [4.78, 5) is 16.2. The normalized spacial score (nSPS) is 21.8. The van der Waals surface area contributed by atoms with Gasteiger partial charge >= 0.3 is 5.97 Å². The van der Waals surface area contributed by atoms with Gasteiger partial charge in [-0.15, -0.1) is 0 Å². The number of methoxy groups -OCH3 is 1. The highest BCUT2D eigenvalue weighted by molar-refractivity contribution is 5.89. The van der Waals surface area contributed by atoms with Crippen molar-refractivity contribution in [2.24, 2.45) is 0 Å². The van der Waals surface area contributed by atoms with E-state index in [0.29, 0.717) is 23.5 Å². The van der Waals surface area contributed by atoms with Crippen LogP contribution in [-0.4, -0.2) is 61.9 Å². The third-order valence-electron chi connectivity index (χ3n) is 4.69. The van der Waals surface area contributed by atoms with Crippen molar-refractivity contribution >= 4 is 11.7 Å². The van der Waals surface area contributed by atoms with Crippen molar-refractivity contribution in [1.82, 2.24) is 4.90 Å². The molecule has 130 valence electrons. The number of phenolic OH excluding ortho intramolecular Hbond substituents is 1. The number of rotatable bonds is 4. The van der Waals surface area contributed by atoms with Gasteiger partial charge in [0.15, 0.2) is 0 Å². The van der Waals surface area contributed by atoms with Crippen LogP contribution in [0.4, 0.5) is 5.69 Å². The number of phenols is 1. The van der Waals surface area contributed by atoms with Gasteiger partial charge in [-0.05, 0) is 19.1 Å². The average molecular weight is 332 g/mol. The second-order valence-corrected chi connectivity index (χ2v) is 6.25. The van der Waals surface area contributed by atoms with Crippen molar-refractivity contribution in [1.29, 1.82) is 0 Å². The molecule has 0 bridgehead atoms. The quantitative estimate of drug-likeness (QED) is 0.848. The van der Waals surface area contributed by atoms with Gasteiger partial charge in [-0.2, -0.15) is 0 Å². The lowest BCUT2D eigenvalue weighted by atomic mass is 10.1. The SMILES string of the molecule is COC(=O)C1=C(C)O[C@@H](CN2CCN(c3ccccc3O)CC2)C1. The molecule has 0 amide bonds. The lowest BCUT2D eigenvalue weighted by Crippen LogP contribution is -2.48. The van der Waals surface area contributed by atoms with Gasteiger partial charge in [-0.25, -0.2) is 4.79 Å². The molecule has 6 heteroatoms. The van der Waals surface area contributed by atoms with Crippen LogP contribution in [0.3, 0.4) is 0 Å². The van der Waals surface area contributed by atoms with Gasteiger partial charge < -0.3 is 19.5 Å². The molecule has 1 fully saturated rings. The fourth-order valence-corrected chi connectivity index (χ4v) is 3.38. The number of carbonyl (C=O) groups excluding carboxylic acids is 1. The standard InChI is InChI=1S/C18H24N2O4/c1-13-15(18(22)23-2)11-14(24-13)12-19-7-9-20(10-8-19)16-5-3-4-6-17(16)21/h3-6,14,21H,7-12H2,1-2H3/t14-/m1/s1. The summed E-state index contributed by atoms with van der Waals surface area (Å²) in [6, 6.07) is 7.44. The summed E-state index contributed by atoms with van der Waals surface area (Å²) >= 11 is 0. The number of carbonyl (C=O) groups is 1. The van der Waals surface area contributed by atoms with Crippen molar-refractivity contribution < 1.29 is 19.4 Å². The number of piperazine rings is 1. The molecule has 0 aromatic heterocycles. The molecule has 1 saturated heterocycles. The molecular formula is C18H24N2O4. The van der Waals surface area contributed by atoms with E-state index in [4.69, 9.17) is 9.47 Å². The first kappa shape index (κ1) is 16.6. The molecule has 1 N–H and O–H groups in total. The number of para-hydroxylation sites is 2. The zero-order valence-electron chi connectivity index (χ0n) is 14.2. The van der Waals surface area contributed by atoms with Crippen LogP contribution in [0, 0.1) is 0 Å². The summed E-state index contributed by atoms with van der Waals surface area (Å²) in [5.41, 5.74) is 1.54. The highest BCUT2D eigenvalue weighted by Crippen LogP contribution is 2.29. The third kappa shape index (κ3) is 3.48. The predicted molar refractivity (Wildman–Crippen MR) is 91.0 cm³/mol. The van der Waals surface area contributed by atoms with E-state index in [1.807, 2.05) is 25.1 Å². The van der Waals surface area contributed by atoms with Crippen molar-refractivity contribution in [2.75, 3.05) is 44.7 Å². The Bertz CT molecular complexity index is 636. The van der Waals surface area contributed by atoms with Crippen LogP contribution in [0.25, 0.3) is 0 Å². The van der Waals surface area contributed by atoms with Crippen LogP contribution in [0.1, 0.15) is 13.3 Å². The number of aromatic hydroxyl groups is 1. The van der Waals surface area contributed by atoms with Crippen LogP contribution >= 0.6 is 0 Å². The molecule has 3 rings (SSSR count). The third-order valence-corrected chi connectivity index (χ3v) is 4.69. The number of allylic oxidation sites excluding steroid dienone is 1. The van der Waals surface area contributed by atoms with Gasteiger partial charge in [0, 0.05) is 39.1 Å². The van der Waals surface area contributed by atoms with E-state index in [2.05, 4.69) is 9.80 Å². The van der Waals surface area contributed by atoms with E-state index in [0.717, 1.165) is 38.4 Å². The molecule has 2 heterocycles. The Morgan fingerprint density at radius 3 is 2.67 bits per heavy atom. The summed E-state index contributed by atoms with van der Waals surface area (Å²) in [6.07, 6.45) is 0.619. The maximum Gasteiger partial charge on any atom is 0.337 e. The second kappa shape index (κ2) is 7.13. The smallest absolute Gasteiger partial charge is 0.337 e. The number of hydrogen-bond donors (Lipinski definition) is 1. The second-order valence-electron chi connectivity index (χ2n) is 6.25. The largest absolute Gasteiger partial charge is 0.506 e. The Morgan fingerprint density at radius 2 is 2.00 bits per heavy atom. The minimum Gasteiger partial charge on any atom is -0.506 e. The summed E-state index contributed by atoms with van der Waals surface area (Å²) < 4.78 is 10.6. The van der Waals surface area contributed by atoms with Gasteiger partial charge in [0.1, 0.15) is 17.6 Å². The minimum absolute atomic E-state index is 0.00998. The number of hydrogen-bond acceptors (Lipinski definition) is 6. The van der Waals surface area contributed by atoms with E-state index in [-0.39, 0.29) is 12.1 Å². The van der Waals surface area contributed by atoms with E-state index >= 15 is 0 Å². The molecule has 6 nitrogen and oxygen atoms in total. The molecule has 0 aliphatic carbocycles. The monoisotopic (exact) mass is 332 g/mol. The predicted octanol–water partition coefficient (Wildman–Crippen LogP) is 1.75. The average Bonchev–Trinajstić information content (AvgIpc) is 2.96. The molecule has 2 aliphatic rings. The van der Waals surface area contributed by atoms with E-state index in [1.54, 1.807) is 6.07 Å². The van der Waals surface area contributed by atoms with Crippen molar-refractivity contribution in [3.63, 3.8) is 0 Å². The maximum absolute atomic E-state index is 11.7. The summed E-state index contributed by atoms with van der Waals surface area (Å²) in [5.74, 6) is 0.715. The van der Waals surface area contributed by atoms with Crippen molar-refractivity contribution in [3.05, 3.63) is 35.6 Å². The Labute approximate surface area is 142 Å². The van der Waals surface area contributed by atoms with Gasteiger partial charge in [0.25, 0.3) is 0 Å². The Balaban J connectivity index is 1.50. The molecule has 1 aromatic carbocycles. The fourth-order valence-electron chi connectivity index (χ4n) is 3.38. The molecule has 0 saturated carbocycles. The Hall–Kier alpha value is -2.21. The van der Waals surface area contributed by atoms with Crippen LogP contribution in [0.5, 0.6) is 5.75 Å². The number of anilines is 1. The van der Waals surface area contributed by atoms with Crippen molar-refractivity contribution in [3.8, 4) is 5.75 Å². The Kier molecular flexibility index (Phi) is 4.94. The van der Waals surface area contributed by atoms with E-state index in [1.165, 1.54) is 7.11 Å². The first-order chi connectivity index (χ1) is 11.6. The summed E-state index contributed by atoms with van der Waals surface area (Å²) in [5, 5.41) is 9.97. The Morgan fingerprint density at radius 1 is 1.29 bits per heavy atom. The number of benzene rings is 1. The minimum atomic E-state index is -0.292. The summed E-state index contributed by atoms with van der Waals surface area (Å²) in [6.45, 7) is 6.15. The van der Waals surface area contributed by atoms with Crippen LogP contribution in [0.15, 0.2) is 35.6 Å². The lowest BCUT2D eigenvalue weighted by molar-refractivity contribution is -0.136. The van der Waals surface area contributed by atoms with E-state index in [9.17, 15) is 9.90 Å². The molecule has 24 heavy (non-hydrogen) atoms. The first-order valence-corrected chi connectivity index (χ1v) is 8.28. The first-order valence-electron chi connectivity index (χ1n) is 8.28. The van der Waals surface area contributed by atoms with E-state index < -0.39 is 0 Å². The molecule has 0 spiro atoms. The fraction of sp³-hybridized carbons (Fsp3) is 0.500. The van der Waals surface area contributed by atoms with Crippen LogP contribution in [0.2, 0.25) is 0 Å². The molecule has 1 atom stereocenters. The topological polar surface area (TPSA) is 62.2 Å². The van der Waals surface area contributed by atoms with Gasteiger partial charge in [0.2, 0.25) is 0 Å². The molecular weight excluding hydrogens is 308 g/mol. The zero-order chi connectivity index (χ0) is 17.1.